The van der Waals surface area contributed by atoms with Gasteiger partial charge in [-0.1, -0.05) is 93.6 Å². The fourth-order valence-electron chi connectivity index (χ4n) is 3.67. The predicted molar refractivity (Wildman–Crippen MR) is 111 cm³/mol. The third-order valence-electron chi connectivity index (χ3n) is 5.05. The van der Waals surface area contributed by atoms with Gasteiger partial charge in [0.1, 0.15) is 0 Å². The normalized spacial score (nSPS) is 11.1. The van der Waals surface area contributed by atoms with Gasteiger partial charge in [-0.2, -0.15) is 0 Å². The van der Waals surface area contributed by atoms with E-state index in [0.717, 1.165) is 12.1 Å². The fraction of sp³-hybridized carbons (Fsp3) is 0.333. The van der Waals surface area contributed by atoms with Gasteiger partial charge in [-0.3, -0.25) is 0 Å². The molecular formula is C24H29N. The molecule has 0 bridgehead atoms. The van der Waals surface area contributed by atoms with Crippen molar-refractivity contribution in [2.24, 2.45) is 0 Å². The molecular weight excluding hydrogens is 302 g/mol. The largest absolute Gasteiger partial charge is 0.398 e. The number of nitrogens with two attached hydrogens (primary N) is 1. The summed E-state index contributed by atoms with van der Waals surface area (Å²) < 4.78 is 0. The summed E-state index contributed by atoms with van der Waals surface area (Å²) in [7, 11) is 0. The maximum Gasteiger partial charge on any atom is 0.0400 e. The minimum absolute atomic E-state index is 0.870. The van der Waals surface area contributed by atoms with Gasteiger partial charge in [0, 0.05) is 11.3 Å². The van der Waals surface area contributed by atoms with Crippen molar-refractivity contribution in [2.45, 2.75) is 51.9 Å². The number of hydrogen-bond donors (Lipinski definition) is 1. The molecule has 0 spiro atoms. The lowest BCUT2D eigenvalue weighted by Gasteiger charge is -2.15. The van der Waals surface area contributed by atoms with Crippen molar-refractivity contribution in [1.29, 1.82) is 0 Å². The van der Waals surface area contributed by atoms with Crippen LogP contribution in [0.4, 0.5) is 5.69 Å². The first-order valence-electron chi connectivity index (χ1n) is 9.66. The highest BCUT2D eigenvalue weighted by atomic mass is 14.6. The topological polar surface area (TPSA) is 26.0 Å². The van der Waals surface area contributed by atoms with Gasteiger partial charge in [-0.15, -0.1) is 0 Å². The Morgan fingerprint density at radius 1 is 0.720 bits per heavy atom. The Kier molecular flexibility index (Phi) is 6.11. The Balaban J connectivity index is 1.85. The number of hydrogen-bond acceptors (Lipinski definition) is 1. The summed E-state index contributed by atoms with van der Waals surface area (Å²) in [5.74, 6) is 0. The van der Waals surface area contributed by atoms with E-state index in [9.17, 15) is 0 Å². The van der Waals surface area contributed by atoms with Crippen molar-refractivity contribution in [1.82, 2.24) is 0 Å². The maximum atomic E-state index is 6.40. The van der Waals surface area contributed by atoms with Gasteiger partial charge in [0.05, 0.1) is 0 Å². The molecule has 0 unspecified atom stereocenters. The molecule has 0 atom stereocenters. The van der Waals surface area contributed by atoms with E-state index in [1.165, 1.54) is 66.0 Å². The van der Waals surface area contributed by atoms with Crippen molar-refractivity contribution in [3.05, 3.63) is 66.2 Å². The second-order valence-corrected chi connectivity index (χ2v) is 6.93. The molecule has 0 aliphatic rings. The lowest BCUT2D eigenvalue weighted by molar-refractivity contribution is 0.608. The number of unbranched alkanes of at least 4 members (excludes halogenated alkanes) is 5. The van der Waals surface area contributed by atoms with Gasteiger partial charge in [-0.05, 0) is 40.8 Å². The molecule has 1 heteroatoms. The smallest absolute Gasteiger partial charge is 0.0400 e. The average Bonchev–Trinajstić information content (AvgIpc) is 2.65. The standard InChI is InChI=1S/C24H29N/c1-2-3-4-5-6-7-12-19-13-8-10-15-21(19)24-22-16-11-9-14-20(22)17-18-23(24)25/h8-11,13-18H,2-7,12,25H2,1H3. The van der Waals surface area contributed by atoms with Crippen LogP contribution in [0.2, 0.25) is 0 Å². The second kappa shape index (κ2) is 8.71. The van der Waals surface area contributed by atoms with E-state index in [2.05, 4.69) is 61.5 Å². The van der Waals surface area contributed by atoms with Crippen LogP contribution in [-0.4, -0.2) is 0 Å². The number of rotatable bonds is 8. The minimum Gasteiger partial charge on any atom is -0.398 e. The van der Waals surface area contributed by atoms with E-state index in [-0.39, 0.29) is 0 Å². The van der Waals surface area contributed by atoms with Crippen molar-refractivity contribution >= 4 is 16.5 Å². The van der Waals surface area contributed by atoms with Crippen LogP contribution in [0.3, 0.4) is 0 Å². The predicted octanol–water partition coefficient (Wildman–Crippen LogP) is 6.99. The summed E-state index contributed by atoms with van der Waals surface area (Å²) in [6, 6.07) is 21.5. The van der Waals surface area contributed by atoms with Crippen LogP contribution in [0.1, 0.15) is 51.0 Å². The Labute approximate surface area is 151 Å². The molecule has 0 amide bonds. The Hall–Kier alpha value is -2.28. The SMILES string of the molecule is CCCCCCCCc1ccccc1-c1c(N)ccc2ccccc12. The number of benzene rings is 3. The molecule has 0 aromatic heterocycles. The third-order valence-corrected chi connectivity index (χ3v) is 5.05. The number of nitrogen functional groups attached to an aromatic ring is 1. The first kappa shape index (κ1) is 17.5. The van der Waals surface area contributed by atoms with E-state index in [1.807, 2.05) is 6.07 Å². The quantitative estimate of drug-likeness (QED) is 0.349. The zero-order valence-electron chi connectivity index (χ0n) is 15.3. The number of anilines is 1. The summed E-state index contributed by atoms with van der Waals surface area (Å²) in [4.78, 5) is 0. The van der Waals surface area contributed by atoms with Gasteiger partial charge in [-0.25, -0.2) is 0 Å². The highest BCUT2D eigenvalue weighted by Gasteiger charge is 2.11. The molecule has 25 heavy (non-hydrogen) atoms. The molecule has 3 aromatic rings. The zero-order chi connectivity index (χ0) is 17.5. The first-order valence-corrected chi connectivity index (χ1v) is 9.66. The van der Waals surface area contributed by atoms with Crippen molar-refractivity contribution in [3.63, 3.8) is 0 Å². The Bertz CT molecular complexity index is 819. The Morgan fingerprint density at radius 3 is 2.32 bits per heavy atom. The van der Waals surface area contributed by atoms with E-state index < -0.39 is 0 Å². The van der Waals surface area contributed by atoms with Crippen LogP contribution in [0, 0.1) is 0 Å². The molecule has 0 saturated heterocycles. The molecule has 2 N–H and O–H groups in total. The van der Waals surface area contributed by atoms with Gasteiger partial charge in [0.2, 0.25) is 0 Å². The maximum absolute atomic E-state index is 6.40. The van der Waals surface area contributed by atoms with Gasteiger partial charge in [0.25, 0.3) is 0 Å². The molecule has 1 nitrogen and oxygen atoms in total. The van der Waals surface area contributed by atoms with E-state index in [0.29, 0.717) is 0 Å². The van der Waals surface area contributed by atoms with E-state index >= 15 is 0 Å². The molecule has 0 aliphatic heterocycles. The van der Waals surface area contributed by atoms with Crippen LogP contribution in [0.25, 0.3) is 21.9 Å². The van der Waals surface area contributed by atoms with Crippen molar-refractivity contribution < 1.29 is 0 Å². The van der Waals surface area contributed by atoms with Crippen LogP contribution in [-0.2, 0) is 6.42 Å². The van der Waals surface area contributed by atoms with Crippen molar-refractivity contribution in [2.75, 3.05) is 5.73 Å². The zero-order valence-corrected chi connectivity index (χ0v) is 15.3. The molecule has 130 valence electrons. The monoisotopic (exact) mass is 331 g/mol. The highest BCUT2D eigenvalue weighted by Crippen LogP contribution is 2.36. The minimum atomic E-state index is 0.870. The summed E-state index contributed by atoms with van der Waals surface area (Å²) in [5, 5.41) is 2.50. The fourth-order valence-corrected chi connectivity index (χ4v) is 3.67. The van der Waals surface area contributed by atoms with Gasteiger partial charge >= 0.3 is 0 Å². The lowest BCUT2D eigenvalue weighted by Crippen LogP contribution is -1.96. The summed E-state index contributed by atoms with van der Waals surface area (Å²) >= 11 is 0. The molecule has 0 saturated carbocycles. The molecule has 3 rings (SSSR count). The Morgan fingerprint density at radius 2 is 1.44 bits per heavy atom. The molecule has 0 fully saturated rings. The number of aryl methyl sites for hydroxylation is 1. The van der Waals surface area contributed by atoms with Gasteiger partial charge < -0.3 is 5.73 Å². The summed E-state index contributed by atoms with van der Waals surface area (Å²) in [6.07, 6.45) is 9.10. The van der Waals surface area contributed by atoms with Crippen molar-refractivity contribution in [3.8, 4) is 11.1 Å². The average molecular weight is 332 g/mol. The number of fused-ring (bicyclic) bond motifs is 1. The molecule has 0 aliphatic carbocycles. The van der Waals surface area contributed by atoms with Crippen LogP contribution >= 0.6 is 0 Å². The van der Waals surface area contributed by atoms with Crippen LogP contribution < -0.4 is 5.73 Å². The highest BCUT2D eigenvalue weighted by molar-refractivity contribution is 6.02. The van der Waals surface area contributed by atoms with Crippen LogP contribution in [0.5, 0.6) is 0 Å². The third kappa shape index (κ3) is 4.22. The van der Waals surface area contributed by atoms with Gasteiger partial charge in [0.15, 0.2) is 0 Å². The second-order valence-electron chi connectivity index (χ2n) is 6.93. The first-order chi connectivity index (χ1) is 12.3. The van der Waals surface area contributed by atoms with E-state index in [1.54, 1.807) is 0 Å². The molecule has 3 aromatic carbocycles. The molecule has 0 heterocycles. The summed E-state index contributed by atoms with van der Waals surface area (Å²) in [6.45, 7) is 2.27. The lowest BCUT2D eigenvalue weighted by atomic mass is 9.91. The summed E-state index contributed by atoms with van der Waals surface area (Å²) in [5.41, 5.74) is 11.2. The van der Waals surface area contributed by atoms with E-state index in [4.69, 9.17) is 5.73 Å². The molecule has 0 radical (unpaired) electrons. The van der Waals surface area contributed by atoms with Crippen LogP contribution in [0.15, 0.2) is 60.7 Å².